The molecule has 2 aliphatic rings. The second kappa shape index (κ2) is 19.0. The molecule has 0 radical (unpaired) electrons. The Bertz CT molecular complexity index is 1490. The molecule has 3 N–H and O–H groups in total. The van der Waals surface area contributed by atoms with Gasteiger partial charge in [0.05, 0.1) is 10.8 Å². The first-order chi connectivity index (χ1) is 20.6. The van der Waals surface area contributed by atoms with Crippen LogP contribution in [0, 0.1) is 27.7 Å². The highest BCUT2D eigenvalue weighted by molar-refractivity contribution is 7.19. The van der Waals surface area contributed by atoms with E-state index in [-0.39, 0.29) is 34.9 Å². The maximum absolute atomic E-state index is 8.36. The summed E-state index contributed by atoms with van der Waals surface area (Å²) < 4.78 is 12.3. The summed E-state index contributed by atoms with van der Waals surface area (Å²) in [6.45, 7) is 8.24. The fourth-order valence-electron chi connectivity index (χ4n) is 5.68. The molecule has 0 bridgehead atoms. The van der Waals surface area contributed by atoms with Crippen LogP contribution in [0.3, 0.4) is 0 Å². The van der Waals surface area contributed by atoms with Crippen molar-refractivity contribution in [3.05, 3.63) is 33.5 Å². The first kappa shape index (κ1) is 41.1. The number of rotatable bonds is 5. The summed E-state index contributed by atoms with van der Waals surface area (Å²) in [5.74, 6) is 1.52. The van der Waals surface area contributed by atoms with Crippen LogP contribution in [0.5, 0.6) is 11.8 Å². The second-order valence-corrected chi connectivity index (χ2v) is 14.0. The van der Waals surface area contributed by atoms with Crippen molar-refractivity contribution in [2.75, 3.05) is 14.1 Å². The zero-order chi connectivity index (χ0) is 31.1. The third kappa shape index (κ3) is 10.0. The monoisotopic (exact) mass is 676 g/mol. The standard InChI is InChI=1S/C16H23N3OS.C14H19N3OS.CH2O2.3CH4/c1-10-11(2)21-16-14(10)15(17-9-18-16)20-13-7-5-12(6-8-13)19(3)4;1-8-9(2)19-14-12(8)13(16-7-17-14)18-11-5-3-10(15)4-6-11;2-1-3;;;/h9,12-13H,5-8H2,1-4H3;7,10-11H,3-6,15H2,1-2H3;1H,(H,2,3);3*1H4. The summed E-state index contributed by atoms with van der Waals surface area (Å²) in [5, 5.41) is 9.08. The first-order valence-electron chi connectivity index (χ1n) is 14.9. The number of nitrogens with zero attached hydrogens (tertiary/aromatic N) is 5. The quantitative estimate of drug-likeness (QED) is 0.199. The molecule has 2 aliphatic carbocycles. The van der Waals surface area contributed by atoms with Gasteiger partial charge in [-0.3, -0.25) is 4.79 Å². The van der Waals surface area contributed by atoms with Crippen molar-refractivity contribution in [3.8, 4) is 11.8 Å². The highest BCUT2D eigenvalue weighted by Gasteiger charge is 2.25. The van der Waals surface area contributed by atoms with Gasteiger partial charge in [-0.1, -0.05) is 22.3 Å². The summed E-state index contributed by atoms with van der Waals surface area (Å²) in [7, 11) is 4.33. The molecule has 4 heterocycles. The molecule has 0 aromatic carbocycles. The van der Waals surface area contributed by atoms with E-state index in [1.807, 2.05) is 0 Å². The smallest absolute Gasteiger partial charge is 0.290 e. The predicted molar refractivity (Wildman–Crippen MR) is 194 cm³/mol. The molecule has 2 saturated carbocycles. The van der Waals surface area contributed by atoms with Crippen molar-refractivity contribution >= 4 is 49.6 Å². The minimum absolute atomic E-state index is 0. The van der Waals surface area contributed by atoms with Crippen LogP contribution in [-0.2, 0) is 4.79 Å². The lowest BCUT2D eigenvalue weighted by atomic mass is 9.92. The van der Waals surface area contributed by atoms with E-state index < -0.39 is 0 Å². The number of aromatic nitrogens is 4. The zero-order valence-corrected chi connectivity index (χ0v) is 27.6. The van der Waals surface area contributed by atoms with Gasteiger partial charge in [0.1, 0.15) is 34.5 Å². The molecule has 258 valence electrons. The maximum atomic E-state index is 8.36. The fourth-order valence-corrected chi connectivity index (χ4v) is 7.66. The number of fused-ring (bicyclic) bond motifs is 2. The predicted octanol–water partition coefficient (Wildman–Crippen LogP) is 8.13. The van der Waals surface area contributed by atoms with Crippen molar-refractivity contribution in [3.63, 3.8) is 0 Å². The SMILES string of the molecule is C.C.C.Cc1sc2ncnc(OC3CCC(N(C)C)CC3)c2c1C.Cc1sc2ncnc(OC3CCC(N)CC3)c2c1C.O=CO. The van der Waals surface area contributed by atoms with E-state index in [1.54, 1.807) is 35.3 Å². The second-order valence-electron chi connectivity index (χ2n) is 11.6. The summed E-state index contributed by atoms with van der Waals surface area (Å²) in [5.41, 5.74) is 8.42. The molecule has 0 aliphatic heterocycles. The van der Waals surface area contributed by atoms with E-state index in [1.165, 1.54) is 33.7 Å². The molecular formula is C34H56N6O4S2. The molecule has 12 heteroatoms. The first-order valence-corrected chi connectivity index (χ1v) is 16.5. The number of thiophene rings is 2. The summed E-state index contributed by atoms with van der Waals surface area (Å²) in [6, 6.07) is 1.04. The molecule has 10 nitrogen and oxygen atoms in total. The van der Waals surface area contributed by atoms with Crippen LogP contribution in [0.25, 0.3) is 20.4 Å². The molecule has 4 aromatic rings. The highest BCUT2D eigenvalue weighted by Crippen LogP contribution is 2.36. The van der Waals surface area contributed by atoms with Crippen LogP contribution >= 0.6 is 22.7 Å². The lowest BCUT2D eigenvalue weighted by Gasteiger charge is -2.32. The van der Waals surface area contributed by atoms with Crippen LogP contribution < -0.4 is 15.2 Å². The lowest BCUT2D eigenvalue weighted by molar-refractivity contribution is -0.122. The van der Waals surface area contributed by atoms with Crippen LogP contribution in [0.1, 0.15) is 94.5 Å². The largest absolute Gasteiger partial charge is 0.483 e. The summed E-state index contributed by atoms with van der Waals surface area (Å²) >= 11 is 3.43. The minimum atomic E-state index is -0.250. The summed E-state index contributed by atoms with van der Waals surface area (Å²) in [4.78, 5) is 32.8. The van der Waals surface area contributed by atoms with E-state index in [0.717, 1.165) is 70.7 Å². The van der Waals surface area contributed by atoms with Crippen LogP contribution in [0.15, 0.2) is 12.7 Å². The Morgan fingerprint density at radius 1 is 0.739 bits per heavy atom. The number of nitrogens with two attached hydrogens (primary N) is 1. The number of ether oxygens (including phenoxy) is 2. The van der Waals surface area contributed by atoms with Crippen molar-refractivity contribution in [2.24, 2.45) is 5.73 Å². The highest BCUT2D eigenvalue weighted by atomic mass is 32.1. The van der Waals surface area contributed by atoms with E-state index in [9.17, 15) is 0 Å². The van der Waals surface area contributed by atoms with E-state index in [0.29, 0.717) is 18.2 Å². The number of aryl methyl sites for hydroxylation is 4. The molecule has 46 heavy (non-hydrogen) atoms. The van der Waals surface area contributed by atoms with Gasteiger partial charge in [-0.2, -0.15) is 0 Å². The third-order valence-electron chi connectivity index (χ3n) is 8.51. The Balaban J connectivity index is 0.000000401. The molecule has 0 atom stereocenters. The average Bonchev–Trinajstić information content (AvgIpc) is 3.45. The van der Waals surface area contributed by atoms with Crippen molar-refractivity contribution in [2.45, 2.75) is 126 Å². The van der Waals surface area contributed by atoms with Crippen molar-refractivity contribution in [1.82, 2.24) is 24.8 Å². The van der Waals surface area contributed by atoms with Gasteiger partial charge >= 0.3 is 0 Å². The lowest BCUT2D eigenvalue weighted by Crippen LogP contribution is -2.35. The Morgan fingerprint density at radius 3 is 1.48 bits per heavy atom. The number of hydrogen-bond donors (Lipinski definition) is 2. The normalized spacial score (nSPS) is 20.5. The maximum Gasteiger partial charge on any atom is 0.290 e. The molecule has 0 unspecified atom stereocenters. The Kier molecular flexibility index (Phi) is 17.0. The Hall–Kier alpha value is -2.93. The topological polar surface area (TPSA) is 137 Å². The Morgan fingerprint density at radius 2 is 1.11 bits per heavy atom. The number of carboxylic acid groups (broad SMARTS) is 1. The number of hydrogen-bond acceptors (Lipinski definition) is 11. The van der Waals surface area contributed by atoms with Crippen molar-refractivity contribution < 1.29 is 19.4 Å². The van der Waals surface area contributed by atoms with E-state index in [4.69, 9.17) is 25.1 Å². The van der Waals surface area contributed by atoms with Crippen LogP contribution in [0.2, 0.25) is 0 Å². The molecule has 0 saturated heterocycles. The van der Waals surface area contributed by atoms with Gasteiger partial charge < -0.3 is 25.2 Å². The van der Waals surface area contributed by atoms with Gasteiger partial charge in [0.25, 0.3) is 6.47 Å². The molecule has 4 aromatic heterocycles. The van der Waals surface area contributed by atoms with Gasteiger partial charge in [-0.15, -0.1) is 22.7 Å². The van der Waals surface area contributed by atoms with E-state index in [2.05, 4.69) is 66.6 Å². The van der Waals surface area contributed by atoms with Gasteiger partial charge in [0, 0.05) is 21.8 Å². The molecular weight excluding hydrogens is 621 g/mol. The van der Waals surface area contributed by atoms with Crippen LogP contribution in [0.4, 0.5) is 0 Å². The van der Waals surface area contributed by atoms with Crippen LogP contribution in [-0.4, -0.2) is 74.8 Å². The molecule has 6 rings (SSSR count). The third-order valence-corrected chi connectivity index (χ3v) is 10.7. The van der Waals surface area contributed by atoms with E-state index >= 15 is 0 Å². The minimum Gasteiger partial charge on any atom is -0.483 e. The molecule has 0 amide bonds. The number of carbonyl (C=O) groups is 1. The van der Waals surface area contributed by atoms with Crippen molar-refractivity contribution in [1.29, 1.82) is 0 Å². The molecule has 0 spiro atoms. The van der Waals surface area contributed by atoms with Gasteiger partial charge in [-0.25, -0.2) is 19.9 Å². The zero-order valence-electron chi connectivity index (χ0n) is 26.0. The molecule has 2 fully saturated rings. The van der Waals surface area contributed by atoms with Gasteiger partial charge in [0.15, 0.2) is 0 Å². The Labute approximate surface area is 283 Å². The van der Waals surface area contributed by atoms with Gasteiger partial charge in [-0.05, 0) is 104 Å². The average molecular weight is 677 g/mol. The fraction of sp³-hybridized carbons (Fsp3) is 0.618. The summed E-state index contributed by atoms with van der Waals surface area (Å²) in [6.07, 6.45) is 12.5. The van der Waals surface area contributed by atoms with Gasteiger partial charge in [0.2, 0.25) is 11.8 Å².